The number of hydrogen-bond acceptors (Lipinski definition) is 2. The van der Waals surface area contributed by atoms with Gasteiger partial charge in [-0.15, -0.1) is 0 Å². The van der Waals surface area contributed by atoms with E-state index in [1.165, 1.54) is 0 Å². The Hall–Kier alpha value is -0.370. The first-order valence-corrected chi connectivity index (χ1v) is 4.69. The van der Waals surface area contributed by atoms with Crippen LogP contribution in [0.4, 0.5) is 0 Å². The summed E-state index contributed by atoms with van der Waals surface area (Å²) in [6.45, 7) is 6.50. The summed E-state index contributed by atoms with van der Waals surface area (Å²) < 4.78 is 5.52. The smallest absolute Gasteiger partial charge is 0.168 e. The number of carbonyl (C=O) groups excluding carboxylic acids is 1. The Labute approximate surface area is 72.3 Å². The van der Waals surface area contributed by atoms with Crippen LogP contribution >= 0.6 is 0 Å². The number of ketones is 1. The molecule has 3 saturated carbocycles. The molecular formula is C10H14O2. The quantitative estimate of drug-likeness (QED) is 0.509. The molecular weight excluding hydrogens is 152 g/mol. The van der Waals surface area contributed by atoms with E-state index in [4.69, 9.17) is 4.74 Å². The fourth-order valence-electron chi connectivity index (χ4n) is 3.39. The summed E-state index contributed by atoms with van der Waals surface area (Å²) in [5, 5.41) is 0. The van der Waals surface area contributed by atoms with Crippen molar-refractivity contribution in [1.82, 2.24) is 0 Å². The highest BCUT2D eigenvalue weighted by Crippen LogP contribution is 2.68. The summed E-state index contributed by atoms with van der Waals surface area (Å²) in [4.78, 5) is 11.7. The largest absolute Gasteiger partial charge is 0.358 e. The summed E-state index contributed by atoms with van der Waals surface area (Å²) in [6.07, 6.45) is 1.04. The highest BCUT2D eigenvalue weighted by atomic mass is 16.6. The van der Waals surface area contributed by atoms with E-state index in [-0.39, 0.29) is 17.1 Å². The maximum absolute atomic E-state index is 11.7. The van der Waals surface area contributed by atoms with Crippen LogP contribution in [0, 0.1) is 17.3 Å². The molecule has 1 saturated heterocycles. The van der Waals surface area contributed by atoms with Crippen LogP contribution in [0.5, 0.6) is 0 Å². The van der Waals surface area contributed by atoms with Gasteiger partial charge in [0.15, 0.2) is 5.78 Å². The lowest BCUT2D eigenvalue weighted by atomic mass is 9.45. The second kappa shape index (κ2) is 1.50. The molecule has 1 aliphatic heterocycles. The lowest BCUT2D eigenvalue weighted by Crippen LogP contribution is -2.60. The Morgan fingerprint density at radius 2 is 2.08 bits per heavy atom. The number of epoxide rings is 1. The Kier molecular flexibility index (Phi) is 0.885. The van der Waals surface area contributed by atoms with Crippen molar-refractivity contribution in [2.45, 2.75) is 38.9 Å². The van der Waals surface area contributed by atoms with Gasteiger partial charge in [0.25, 0.3) is 0 Å². The van der Waals surface area contributed by atoms with Crippen LogP contribution in [0.3, 0.4) is 0 Å². The molecule has 12 heavy (non-hydrogen) atoms. The summed E-state index contributed by atoms with van der Waals surface area (Å²) in [6, 6.07) is 0. The van der Waals surface area contributed by atoms with Gasteiger partial charge in [0, 0.05) is 5.92 Å². The van der Waals surface area contributed by atoms with E-state index in [2.05, 4.69) is 20.8 Å². The molecule has 4 rings (SSSR count). The Morgan fingerprint density at radius 3 is 2.58 bits per heavy atom. The van der Waals surface area contributed by atoms with Crippen LogP contribution in [0.2, 0.25) is 0 Å². The maximum Gasteiger partial charge on any atom is 0.168 e. The molecule has 66 valence electrons. The molecule has 0 aromatic heterocycles. The van der Waals surface area contributed by atoms with Crippen LogP contribution in [0.25, 0.3) is 0 Å². The van der Waals surface area contributed by atoms with Crippen molar-refractivity contribution >= 4 is 5.78 Å². The van der Waals surface area contributed by atoms with Crippen molar-refractivity contribution in [2.75, 3.05) is 0 Å². The van der Waals surface area contributed by atoms with E-state index in [0.717, 1.165) is 6.42 Å². The van der Waals surface area contributed by atoms with Crippen molar-refractivity contribution in [2.24, 2.45) is 17.3 Å². The van der Waals surface area contributed by atoms with Crippen LogP contribution in [-0.2, 0) is 9.53 Å². The molecule has 0 N–H and O–H groups in total. The van der Waals surface area contributed by atoms with Crippen molar-refractivity contribution < 1.29 is 9.53 Å². The zero-order valence-corrected chi connectivity index (χ0v) is 7.76. The molecule has 0 unspecified atom stereocenters. The van der Waals surface area contributed by atoms with Crippen molar-refractivity contribution in [3.8, 4) is 0 Å². The third-order valence-corrected chi connectivity index (χ3v) is 4.40. The number of carbonyl (C=O) groups is 1. The number of ether oxygens (including phenoxy) is 1. The summed E-state index contributed by atoms with van der Waals surface area (Å²) >= 11 is 0. The third-order valence-electron chi connectivity index (χ3n) is 4.40. The van der Waals surface area contributed by atoms with E-state index in [0.29, 0.717) is 17.6 Å². The molecule has 4 atom stereocenters. The Bertz CT molecular complexity index is 277. The molecule has 1 heterocycles. The minimum Gasteiger partial charge on any atom is -0.358 e. The molecule has 3 aliphatic carbocycles. The third kappa shape index (κ3) is 0.481. The predicted molar refractivity (Wildman–Crippen MR) is 43.7 cm³/mol. The van der Waals surface area contributed by atoms with Gasteiger partial charge in [0.05, 0.1) is 0 Å². The van der Waals surface area contributed by atoms with Gasteiger partial charge in [-0.2, -0.15) is 0 Å². The van der Waals surface area contributed by atoms with Crippen LogP contribution < -0.4 is 0 Å². The van der Waals surface area contributed by atoms with Gasteiger partial charge in [-0.1, -0.05) is 13.8 Å². The van der Waals surface area contributed by atoms with E-state index >= 15 is 0 Å². The fraction of sp³-hybridized carbons (Fsp3) is 0.900. The normalized spacial score (nSPS) is 58.9. The molecule has 0 radical (unpaired) electrons. The van der Waals surface area contributed by atoms with Gasteiger partial charge >= 0.3 is 0 Å². The zero-order valence-electron chi connectivity index (χ0n) is 7.76. The first kappa shape index (κ1) is 7.07. The summed E-state index contributed by atoms with van der Waals surface area (Å²) in [7, 11) is 0. The average molecular weight is 166 g/mol. The van der Waals surface area contributed by atoms with E-state index in [9.17, 15) is 4.79 Å². The molecule has 0 aromatic rings. The van der Waals surface area contributed by atoms with Crippen molar-refractivity contribution in [1.29, 1.82) is 0 Å². The van der Waals surface area contributed by atoms with Gasteiger partial charge in [-0.25, -0.2) is 0 Å². The molecule has 2 heteroatoms. The van der Waals surface area contributed by atoms with Gasteiger partial charge in [0.1, 0.15) is 11.7 Å². The molecule has 4 fully saturated rings. The molecule has 0 amide bonds. The second-order valence-corrected chi connectivity index (χ2v) is 5.25. The highest BCUT2D eigenvalue weighted by Gasteiger charge is 2.76. The summed E-state index contributed by atoms with van der Waals surface area (Å²) in [5.74, 6) is 1.28. The SMILES string of the molecule is CC1(C)[C@H]2C[C@H]1C(=O)[C@H]1O[C@]12C. The van der Waals surface area contributed by atoms with Crippen LogP contribution in [0.1, 0.15) is 27.2 Å². The fourth-order valence-corrected chi connectivity index (χ4v) is 3.39. The van der Waals surface area contributed by atoms with Gasteiger partial charge in [-0.3, -0.25) is 4.79 Å². The average Bonchev–Trinajstić information content (AvgIpc) is 2.61. The van der Waals surface area contributed by atoms with Gasteiger partial charge in [-0.05, 0) is 24.7 Å². The second-order valence-electron chi connectivity index (χ2n) is 5.25. The lowest BCUT2D eigenvalue weighted by molar-refractivity contribution is -0.147. The minimum absolute atomic E-state index is 0.0331. The standard InChI is InChI=1S/C10H14O2/c1-9(2)5-4-6(9)10(3)8(12-10)7(5)11/h5-6,8H,4H2,1-3H3/t5-,6+,8+,10-/m0/s1. The van der Waals surface area contributed by atoms with Gasteiger partial charge in [0.2, 0.25) is 0 Å². The first-order chi connectivity index (χ1) is 5.48. The summed E-state index contributed by atoms with van der Waals surface area (Å²) in [5.41, 5.74) is 0.133. The molecule has 4 aliphatic rings. The van der Waals surface area contributed by atoms with Crippen LogP contribution in [0.15, 0.2) is 0 Å². The van der Waals surface area contributed by atoms with Crippen LogP contribution in [-0.4, -0.2) is 17.5 Å². The zero-order chi connectivity index (χ0) is 8.72. The maximum atomic E-state index is 11.7. The number of Topliss-reactive ketones (excluding diaryl/α,β-unsaturated/α-hetero) is 1. The molecule has 0 spiro atoms. The van der Waals surface area contributed by atoms with Crippen molar-refractivity contribution in [3.63, 3.8) is 0 Å². The van der Waals surface area contributed by atoms with E-state index in [1.807, 2.05) is 0 Å². The number of rotatable bonds is 0. The molecule has 2 bridgehead atoms. The Morgan fingerprint density at radius 1 is 1.42 bits per heavy atom. The first-order valence-electron chi connectivity index (χ1n) is 4.69. The van der Waals surface area contributed by atoms with Gasteiger partial charge < -0.3 is 4.74 Å². The topological polar surface area (TPSA) is 29.6 Å². The number of hydrogen-bond donors (Lipinski definition) is 0. The predicted octanol–water partition coefficient (Wildman–Crippen LogP) is 1.39. The van der Waals surface area contributed by atoms with Crippen molar-refractivity contribution in [3.05, 3.63) is 0 Å². The molecule has 0 aromatic carbocycles. The highest BCUT2D eigenvalue weighted by molar-refractivity contribution is 5.93. The van der Waals surface area contributed by atoms with E-state index < -0.39 is 0 Å². The lowest BCUT2D eigenvalue weighted by Gasteiger charge is -2.56. The molecule has 2 nitrogen and oxygen atoms in total. The monoisotopic (exact) mass is 166 g/mol. The Balaban J connectivity index is 2.06. The van der Waals surface area contributed by atoms with E-state index in [1.54, 1.807) is 0 Å². The minimum atomic E-state index is -0.0741.